The Morgan fingerprint density at radius 1 is 1.21 bits per heavy atom. The lowest BCUT2D eigenvalue weighted by atomic mass is 10.0. The molecule has 34 heavy (non-hydrogen) atoms. The first-order chi connectivity index (χ1) is 16.5. The summed E-state index contributed by atoms with van der Waals surface area (Å²) < 4.78 is 7.69. The van der Waals surface area contributed by atoms with Crippen molar-refractivity contribution in [3.8, 4) is 5.82 Å². The Labute approximate surface area is 198 Å². The molecule has 2 atom stereocenters. The smallest absolute Gasteiger partial charge is 0.227 e. The number of amides is 1. The third-order valence-electron chi connectivity index (χ3n) is 6.67. The van der Waals surface area contributed by atoms with E-state index in [-0.39, 0.29) is 18.1 Å². The van der Waals surface area contributed by atoms with E-state index in [4.69, 9.17) is 11.3 Å². The fourth-order valence-corrected chi connectivity index (χ4v) is 4.65. The van der Waals surface area contributed by atoms with Gasteiger partial charge in [0, 0.05) is 31.9 Å². The second-order valence-corrected chi connectivity index (χ2v) is 8.81. The van der Waals surface area contributed by atoms with Gasteiger partial charge < -0.3 is 9.64 Å². The molecule has 5 rings (SSSR count). The van der Waals surface area contributed by atoms with Crippen molar-refractivity contribution in [2.45, 2.75) is 32.4 Å². The molecule has 0 aliphatic carbocycles. The lowest BCUT2D eigenvalue weighted by Gasteiger charge is -2.46. The molecule has 0 N–H and O–H groups in total. The largest absolute Gasteiger partial charge is 0.370 e. The van der Waals surface area contributed by atoms with Crippen LogP contribution in [0, 0.1) is 20.4 Å². The maximum absolute atomic E-state index is 13.1. The van der Waals surface area contributed by atoms with Crippen molar-refractivity contribution in [1.82, 2.24) is 35.0 Å². The molecule has 0 bridgehead atoms. The highest BCUT2D eigenvalue weighted by Crippen LogP contribution is 2.30. The van der Waals surface area contributed by atoms with E-state index in [1.807, 2.05) is 43.0 Å². The molecule has 2 aliphatic heterocycles. The minimum atomic E-state index is -0.00981. The number of rotatable bonds is 4. The number of carbonyl (C=O) groups excluding carboxylic acids is 1. The van der Waals surface area contributed by atoms with E-state index in [0.717, 1.165) is 35.5 Å². The Kier molecular flexibility index (Phi) is 6.04. The van der Waals surface area contributed by atoms with Crippen molar-refractivity contribution < 1.29 is 9.53 Å². The summed E-state index contributed by atoms with van der Waals surface area (Å²) in [5.41, 5.74) is 4.46. The molecule has 0 unspecified atom stereocenters. The lowest BCUT2D eigenvalue weighted by Crippen LogP contribution is -2.59. The van der Waals surface area contributed by atoms with Crippen molar-refractivity contribution in [3.63, 3.8) is 0 Å². The van der Waals surface area contributed by atoms with E-state index in [0.29, 0.717) is 37.6 Å². The molecule has 1 aromatic carbocycles. The lowest BCUT2D eigenvalue weighted by molar-refractivity contribution is -0.139. The van der Waals surface area contributed by atoms with Gasteiger partial charge in [-0.3, -0.25) is 9.69 Å². The number of aromatic nitrogens is 5. The number of piperazine rings is 1. The Morgan fingerprint density at radius 3 is 2.82 bits per heavy atom. The van der Waals surface area contributed by atoms with Crippen LogP contribution in [0.1, 0.15) is 28.5 Å². The topological polar surface area (TPSA) is 93.6 Å². The highest BCUT2D eigenvalue weighted by Gasteiger charge is 2.35. The van der Waals surface area contributed by atoms with Crippen LogP contribution in [0.15, 0.2) is 36.7 Å². The third kappa shape index (κ3) is 4.40. The summed E-state index contributed by atoms with van der Waals surface area (Å²) in [6, 6.07) is 9.86. The van der Waals surface area contributed by atoms with Crippen LogP contribution in [-0.2, 0) is 16.0 Å². The van der Waals surface area contributed by atoms with Gasteiger partial charge in [-0.2, -0.15) is 4.68 Å². The zero-order valence-corrected chi connectivity index (χ0v) is 19.3. The van der Waals surface area contributed by atoms with E-state index in [2.05, 4.69) is 36.3 Å². The first-order valence-electron chi connectivity index (χ1n) is 11.3. The van der Waals surface area contributed by atoms with E-state index in [9.17, 15) is 4.79 Å². The van der Waals surface area contributed by atoms with E-state index < -0.39 is 0 Å². The molecule has 1 amide bonds. The van der Waals surface area contributed by atoms with Crippen LogP contribution in [0.3, 0.4) is 0 Å². The molecule has 2 fully saturated rings. The summed E-state index contributed by atoms with van der Waals surface area (Å²) >= 11 is 0. The quantitative estimate of drug-likeness (QED) is 0.553. The van der Waals surface area contributed by atoms with Gasteiger partial charge >= 0.3 is 0 Å². The van der Waals surface area contributed by atoms with Gasteiger partial charge in [0.25, 0.3) is 0 Å². The van der Waals surface area contributed by atoms with Crippen molar-refractivity contribution in [1.29, 1.82) is 0 Å². The summed E-state index contributed by atoms with van der Waals surface area (Å²) in [5.74, 6) is 0.729. The minimum Gasteiger partial charge on any atom is -0.370 e. The molecular formula is C24H26N8O2. The number of fused-ring (bicyclic) bond motifs is 1. The molecule has 2 aliphatic rings. The van der Waals surface area contributed by atoms with Crippen molar-refractivity contribution in [2.75, 3.05) is 32.8 Å². The SMILES string of the molecule is [C-]#[N+]c1ccc([C@H]2CN3CCN(C(=O)Cc4ccc(-n5cnnn5)nc4C)C[C@H]3CO2)cc1C. The second kappa shape index (κ2) is 9.29. The number of hydrogen-bond donors (Lipinski definition) is 0. The summed E-state index contributed by atoms with van der Waals surface area (Å²) in [5, 5.41) is 11.1. The van der Waals surface area contributed by atoms with Crippen LogP contribution in [0.2, 0.25) is 0 Å². The Bertz CT molecular complexity index is 1240. The molecule has 2 aromatic heterocycles. The molecule has 10 nitrogen and oxygen atoms in total. The van der Waals surface area contributed by atoms with Crippen LogP contribution < -0.4 is 0 Å². The van der Waals surface area contributed by atoms with Crippen molar-refractivity contribution in [2.24, 2.45) is 0 Å². The normalized spacial score (nSPS) is 20.6. The van der Waals surface area contributed by atoms with E-state index in [1.165, 1.54) is 11.0 Å². The van der Waals surface area contributed by atoms with E-state index in [1.54, 1.807) is 0 Å². The van der Waals surface area contributed by atoms with Gasteiger partial charge in [-0.1, -0.05) is 24.3 Å². The molecular weight excluding hydrogens is 432 g/mol. The van der Waals surface area contributed by atoms with Gasteiger partial charge in [0.05, 0.1) is 31.7 Å². The summed E-state index contributed by atoms with van der Waals surface area (Å²) in [6.45, 7) is 14.7. The van der Waals surface area contributed by atoms with E-state index >= 15 is 0 Å². The number of aryl methyl sites for hydroxylation is 2. The average molecular weight is 459 g/mol. The molecule has 2 saturated heterocycles. The van der Waals surface area contributed by atoms with Gasteiger partial charge in [0.15, 0.2) is 11.5 Å². The highest BCUT2D eigenvalue weighted by molar-refractivity contribution is 5.79. The van der Waals surface area contributed by atoms with Crippen molar-refractivity contribution >= 4 is 11.6 Å². The minimum absolute atomic E-state index is 0.00981. The van der Waals surface area contributed by atoms with Crippen LogP contribution in [-0.4, -0.2) is 79.7 Å². The van der Waals surface area contributed by atoms with Crippen LogP contribution >= 0.6 is 0 Å². The van der Waals surface area contributed by atoms with Gasteiger partial charge in [0.1, 0.15) is 6.33 Å². The predicted molar refractivity (Wildman–Crippen MR) is 123 cm³/mol. The number of carbonyl (C=O) groups is 1. The molecule has 0 radical (unpaired) electrons. The zero-order valence-electron chi connectivity index (χ0n) is 19.3. The highest BCUT2D eigenvalue weighted by atomic mass is 16.5. The van der Waals surface area contributed by atoms with Crippen molar-refractivity contribution in [3.05, 3.63) is 70.5 Å². The Morgan fingerprint density at radius 2 is 2.09 bits per heavy atom. The molecule has 174 valence electrons. The van der Waals surface area contributed by atoms with Gasteiger partial charge in [-0.05, 0) is 47.0 Å². The molecule has 0 saturated carbocycles. The van der Waals surface area contributed by atoms with Crippen LogP contribution in [0.25, 0.3) is 10.7 Å². The number of benzene rings is 1. The van der Waals surface area contributed by atoms with Gasteiger partial charge in [-0.15, -0.1) is 5.10 Å². The molecule has 10 heteroatoms. The first kappa shape index (κ1) is 22.1. The van der Waals surface area contributed by atoms with Crippen LogP contribution in [0.4, 0.5) is 5.69 Å². The Balaban J connectivity index is 1.19. The van der Waals surface area contributed by atoms with Crippen LogP contribution in [0.5, 0.6) is 0 Å². The number of morpholine rings is 1. The molecule has 3 aromatic rings. The third-order valence-corrected chi connectivity index (χ3v) is 6.67. The average Bonchev–Trinajstić information content (AvgIpc) is 3.39. The summed E-state index contributed by atoms with van der Waals surface area (Å²) in [6.07, 6.45) is 1.80. The standard InChI is InChI=1S/C24H26N8O2/c1-16-10-19(4-6-21(16)25-3)22-13-30-8-9-31(12-20(30)14-34-22)24(33)11-18-5-7-23(27-17(18)2)32-15-26-28-29-32/h4-7,10,15,20,22H,8-9,11-14H2,1-2H3/t20-,22+/m0/s1. The fourth-order valence-electron chi connectivity index (χ4n) is 4.65. The van der Waals surface area contributed by atoms with Gasteiger partial charge in [-0.25, -0.2) is 9.83 Å². The number of ether oxygens (including phenoxy) is 1. The first-order valence-corrected chi connectivity index (χ1v) is 11.3. The fraction of sp³-hybridized carbons (Fsp3) is 0.417. The second-order valence-electron chi connectivity index (χ2n) is 8.81. The number of tetrazole rings is 1. The zero-order chi connectivity index (χ0) is 23.7. The summed E-state index contributed by atoms with van der Waals surface area (Å²) in [4.78, 5) is 25.5. The monoisotopic (exact) mass is 458 g/mol. The Hall–Kier alpha value is -3.68. The molecule has 0 spiro atoms. The number of pyridine rings is 1. The number of hydrogen-bond acceptors (Lipinski definition) is 7. The maximum Gasteiger partial charge on any atom is 0.227 e. The number of nitrogens with zero attached hydrogens (tertiary/aromatic N) is 8. The molecule has 4 heterocycles. The summed E-state index contributed by atoms with van der Waals surface area (Å²) in [7, 11) is 0. The predicted octanol–water partition coefficient (Wildman–Crippen LogP) is 2.05. The maximum atomic E-state index is 13.1. The van der Waals surface area contributed by atoms with Gasteiger partial charge in [0.2, 0.25) is 5.91 Å².